The Labute approximate surface area is 131 Å². The molecule has 0 aromatic heterocycles. The van der Waals surface area contributed by atoms with E-state index in [0.717, 1.165) is 24.0 Å². The van der Waals surface area contributed by atoms with Crippen molar-refractivity contribution in [1.82, 2.24) is 10.2 Å². The lowest BCUT2D eigenvalue weighted by Gasteiger charge is -2.32. The monoisotopic (exact) mass is 312 g/mol. The maximum atomic E-state index is 6.22. The number of hydrogen-bond acceptors (Lipinski definition) is 2. The van der Waals surface area contributed by atoms with Gasteiger partial charge in [-0.2, -0.15) is 0 Å². The quantitative estimate of drug-likeness (QED) is 0.911. The van der Waals surface area contributed by atoms with Crippen molar-refractivity contribution in [2.24, 2.45) is 0 Å². The molecule has 1 aromatic carbocycles. The van der Waals surface area contributed by atoms with Crippen LogP contribution in [-0.2, 0) is 6.42 Å². The van der Waals surface area contributed by atoms with E-state index in [9.17, 15) is 0 Å². The van der Waals surface area contributed by atoms with Crippen molar-refractivity contribution < 1.29 is 0 Å². The molecule has 2 unspecified atom stereocenters. The molecule has 0 amide bonds. The summed E-state index contributed by atoms with van der Waals surface area (Å²) in [6.07, 6.45) is 6.39. The van der Waals surface area contributed by atoms with E-state index in [1.54, 1.807) is 0 Å². The first-order valence-electron chi connectivity index (χ1n) is 7.65. The van der Waals surface area contributed by atoms with Gasteiger partial charge in [0, 0.05) is 28.7 Å². The van der Waals surface area contributed by atoms with Crippen molar-refractivity contribution in [3.05, 3.63) is 33.8 Å². The Morgan fingerprint density at radius 3 is 2.90 bits per heavy atom. The summed E-state index contributed by atoms with van der Waals surface area (Å²) in [5.41, 5.74) is 1.18. The van der Waals surface area contributed by atoms with Crippen LogP contribution in [0.25, 0.3) is 0 Å². The van der Waals surface area contributed by atoms with Gasteiger partial charge in [-0.1, -0.05) is 35.7 Å². The molecule has 4 heteroatoms. The van der Waals surface area contributed by atoms with E-state index in [4.69, 9.17) is 23.2 Å². The topological polar surface area (TPSA) is 15.3 Å². The molecule has 2 fully saturated rings. The lowest BCUT2D eigenvalue weighted by atomic mass is 9.99. The van der Waals surface area contributed by atoms with Crippen molar-refractivity contribution in [1.29, 1.82) is 0 Å². The number of halogens is 2. The van der Waals surface area contributed by atoms with Crippen LogP contribution in [0.5, 0.6) is 0 Å². The Morgan fingerprint density at radius 2 is 2.05 bits per heavy atom. The SMILES string of the molecule is Clc1ccc(CCNC2CCN3CCCCC23)c(Cl)c1. The zero-order valence-corrected chi connectivity index (χ0v) is 13.3. The number of hydrogen-bond donors (Lipinski definition) is 1. The number of nitrogens with one attached hydrogen (secondary N) is 1. The Kier molecular flexibility index (Phi) is 4.87. The van der Waals surface area contributed by atoms with Crippen LogP contribution in [0, 0.1) is 0 Å². The molecule has 3 rings (SSSR count). The second kappa shape index (κ2) is 6.65. The second-order valence-corrected chi connectivity index (χ2v) is 6.78. The predicted molar refractivity (Wildman–Crippen MR) is 85.8 cm³/mol. The zero-order valence-electron chi connectivity index (χ0n) is 11.7. The normalized spacial score (nSPS) is 26.7. The summed E-state index contributed by atoms with van der Waals surface area (Å²) in [5, 5.41) is 5.23. The van der Waals surface area contributed by atoms with Crippen molar-refractivity contribution >= 4 is 23.2 Å². The molecule has 0 radical (unpaired) electrons. The van der Waals surface area contributed by atoms with Crippen LogP contribution in [0.1, 0.15) is 31.2 Å². The highest BCUT2D eigenvalue weighted by molar-refractivity contribution is 6.35. The van der Waals surface area contributed by atoms with Gasteiger partial charge >= 0.3 is 0 Å². The number of fused-ring (bicyclic) bond motifs is 1. The van der Waals surface area contributed by atoms with E-state index in [1.165, 1.54) is 44.3 Å². The van der Waals surface area contributed by atoms with Crippen molar-refractivity contribution in [3.8, 4) is 0 Å². The third-order valence-corrected chi connectivity index (χ3v) is 5.26. The van der Waals surface area contributed by atoms with E-state index in [-0.39, 0.29) is 0 Å². The molecule has 2 aliphatic rings. The third-order valence-electron chi connectivity index (χ3n) is 4.67. The molecule has 2 saturated heterocycles. The van der Waals surface area contributed by atoms with Gasteiger partial charge in [0.25, 0.3) is 0 Å². The standard InChI is InChI=1S/C16H22Cl2N2/c17-13-5-4-12(14(18)11-13)6-8-19-15-7-10-20-9-2-1-3-16(15)20/h4-5,11,15-16,19H,1-3,6-10H2. The largest absolute Gasteiger partial charge is 0.312 e. The average molecular weight is 313 g/mol. The molecule has 110 valence electrons. The molecular weight excluding hydrogens is 291 g/mol. The average Bonchev–Trinajstić information content (AvgIpc) is 2.85. The summed E-state index contributed by atoms with van der Waals surface area (Å²) in [4.78, 5) is 2.66. The summed E-state index contributed by atoms with van der Waals surface area (Å²) < 4.78 is 0. The summed E-state index contributed by atoms with van der Waals surface area (Å²) in [6, 6.07) is 7.22. The fourth-order valence-corrected chi connectivity index (χ4v) is 4.11. The highest BCUT2D eigenvalue weighted by Gasteiger charge is 2.34. The van der Waals surface area contributed by atoms with E-state index in [1.807, 2.05) is 18.2 Å². The molecule has 0 saturated carbocycles. The highest BCUT2D eigenvalue weighted by Crippen LogP contribution is 2.27. The Balaban J connectivity index is 1.50. The molecule has 0 aliphatic carbocycles. The molecular formula is C16H22Cl2N2. The van der Waals surface area contributed by atoms with Crippen LogP contribution < -0.4 is 5.32 Å². The van der Waals surface area contributed by atoms with Gasteiger partial charge in [0.05, 0.1) is 0 Å². The molecule has 2 aliphatic heterocycles. The molecule has 20 heavy (non-hydrogen) atoms. The first-order chi connectivity index (χ1) is 9.74. The summed E-state index contributed by atoms with van der Waals surface area (Å²) >= 11 is 12.1. The first kappa shape index (κ1) is 14.6. The van der Waals surface area contributed by atoms with Gasteiger partial charge in [-0.25, -0.2) is 0 Å². The van der Waals surface area contributed by atoms with Gasteiger partial charge in [-0.3, -0.25) is 4.90 Å². The van der Waals surface area contributed by atoms with Crippen LogP contribution in [0.3, 0.4) is 0 Å². The lowest BCUT2D eigenvalue weighted by molar-refractivity contribution is 0.181. The van der Waals surface area contributed by atoms with Gasteiger partial charge in [-0.15, -0.1) is 0 Å². The van der Waals surface area contributed by atoms with Gasteiger partial charge in [0.15, 0.2) is 0 Å². The number of piperidine rings is 1. The van der Waals surface area contributed by atoms with Gasteiger partial charge in [-0.05, 0) is 56.5 Å². The lowest BCUT2D eigenvalue weighted by Crippen LogP contribution is -2.45. The molecule has 1 N–H and O–H groups in total. The molecule has 0 spiro atoms. The van der Waals surface area contributed by atoms with E-state index in [0.29, 0.717) is 11.1 Å². The van der Waals surface area contributed by atoms with E-state index >= 15 is 0 Å². The molecule has 2 heterocycles. The van der Waals surface area contributed by atoms with Crippen molar-refractivity contribution in [2.45, 2.75) is 44.2 Å². The van der Waals surface area contributed by atoms with Gasteiger partial charge < -0.3 is 5.32 Å². The van der Waals surface area contributed by atoms with Gasteiger partial charge in [0.1, 0.15) is 0 Å². The molecule has 0 bridgehead atoms. The molecule has 2 atom stereocenters. The fraction of sp³-hybridized carbons (Fsp3) is 0.625. The third kappa shape index (κ3) is 3.30. The van der Waals surface area contributed by atoms with Crippen LogP contribution in [-0.4, -0.2) is 36.6 Å². The summed E-state index contributed by atoms with van der Waals surface area (Å²) in [6.45, 7) is 3.56. The van der Waals surface area contributed by atoms with E-state index < -0.39 is 0 Å². The molecule has 2 nitrogen and oxygen atoms in total. The Bertz CT molecular complexity index is 464. The summed E-state index contributed by atoms with van der Waals surface area (Å²) in [7, 11) is 0. The summed E-state index contributed by atoms with van der Waals surface area (Å²) in [5.74, 6) is 0. The van der Waals surface area contributed by atoms with Gasteiger partial charge in [0.2, 0.25) is 0 Å². The molecule has 1 aromatic rings. The maximum Gasteiger partial charge on any atom is 0.0453 e. The fourth-order valence-electron chi connectivity index (χ4n) is 3.60. The van der Waals surface area contributed by atoms with Crippen molar-refractivity contribution in [2.75, 3.05) is 19.6 Å². The second-order valence-electron chi connectivity index (χ2n) is 5.93. The van der Waals surface area contributed by atoms with Crippen molar-refractivity contribution in [3.63, 3.8) is 0 Å². The van der Waals surface area contributed by atoms with Crippen LogP contribution >= 0.6 is 23.2 Å². The van der Waals surface area contributed by atoms with Crippen LogP contribution in [0.4, 0.5) is 0 Å². The van der Waals surface area contributed by atoms with Crippen LogP contribution in [0.2, 0.25) is 10.0 Å². The number of nitrogens with zero attached hydrogens (tertiary/aromatic N) is 1. The minimum absolute atomic E-state index is 0.668. The minimum Gasteiger partial charge on any atom is -0.312 e. The first-order valence-corrected chi connectivity index (χ1v) is 8.41. The Morgan fingerprint density at radius 1 is 1.15 bits per heavy atom. The zero-order chi connectivity index (χ0) is 13.9. The smallest absolute Gasteiger partial charge is 0.0453 e. The van der Waals surface area contributed by atoms with Crippen LogP contribution in [0.15, 0.2) is 18.2 Å². The Hall–Kier alpha value is -0.280. The highest BCUT2D eigenvalue weighted by atomic mass is 35.5. The number of rotatable bonds is 4. The predicted octanol–water partition coefficient (Wildman–Crippen LogP) is 3.75. The number of benzene rings is 1. The minimum atomic E-state index is 0.668. The maximum absolute atomic E-state index is 6.22. The van der Waals surface area contributed by atoms with E-state index in [2.05, 4.69) is 10.2 Å².